The van der Waals surface area contributed by atoms with Crippen LogP contribution in [0.3, 0.4) is 0 Å². The third-order valence-corrected chi connectivity index (χ3v) is 3.03. The van der Waals surface area contributed by atoms with E-state index in [0.29, 0.717) is 0 Å². The minimum Gasteiger partial charge on any atom is -0.496 e. The third kappa shape index (κ3) is 3.16. The lowest BCUT2D eigenvalue weighted by Crippen LogP contribution is -2.32. The van der Waals surface area contributed by atoms with E-state index in [9.17, 15) is 0 Å². The summed E-state index contributed by atoms with van der Waals surface area (Å²) in [5.41, 5.74) is 1.18. The lowest BCUT2D eigenvalue weighted by molar-refractivity contribution is 0.259. The molecule has 0 saturated heterocycles. The van der Waals surface area contributed by atoms with Gasteiger partial charge in [-0.1, -0.05) is 33.8 Å². The predicted molar refractivity (Wildman–Crippen MR) is 75.4 cm³/mol. The highest BCUT2D eigenvalue weighted by atomic mass is 16.5. The Morgan fingerprint density at radius 1 is 1.11 bits per heavy atom. The zero-order valence-corrected chi connectivity index (χ0v) is 12.3. The molecule has 3 nitrogen and oxygen atoms in total. The van der Waals surface area contributed by atoms with Crippen molar-refractivity contribution in [2.75, 3.05) is 20.8 Å². The van der Waals surface area contributed by atoms with Crippen LogP contribution in [0.5, 0.6) is 11.5 Å². The number of ether oxygens (including phenoxy) is 2. The number of benzene rings is 1. The van der Waals surface area contributed by atoms with Crippen LogP contribution in [0.1, 0.15) is 39.3 Å². The van der Waals surface area contributed by atoms with Crippen molar-refractivity contribution in [1.29, 1.82) is 0 Å². The van der Waals surface area contributed by atoms with Crippen LogP contribution >= 0.6 is 0 Å². The van der Waals surface area contributed by atoms with Gasteiger partial charge >= 0.3 is 0 Å². The molecule has 0 amide bonds. The van der Waals surface area contributed by atoms with Crippen LogP contribution < -0.4 is 14.8 Å². The van der Waals surface area contributed by atoms with Crippen LogP contribution in [0.2, 0.25) is 0 Å². The molecule has 0 bridgehead atoms. The summed E-state index contributed by atoms with van der Waals surface area (Å²) in [4.78, 5) is 0. The van der Waals surface area contributed by atoms with E-state index >= 15 is 0 Å². The first-order valence-corrected chi connectivity index (χ1v) is 6.40. The zero-order chi connectivity index (χ0) is 13.8. The fraction of sp³-hybridized carbons (Fsp3) is 0.600. The summed E-state index contributed by atoms with van der Waals surface area (Å²) in [5.74, 6) is 1.74. The molecule has 0 spiro atoms. The molecule has 102 valence electrons. The molecular weight excluding hydrogens is 226 g/mol. The second-order valence-corrected chi connectivity index (χ2v) is 5.43. The summed E-state index contributed by atoms with van der Waals surface area (Å²) < 4.78 is 11.0. The van der Waals surface area contributed by atoms with Crippen LogP contribution in [-0.2, 0) is 0 Å². The molecule has 1 N–H and O–H groups in total. The van der Waals surface area contributed by atoms with Gasteiger partial charge in [0.1, 0.15) is 11.5 Å². The van der Waals surface area contributed by atoms with Crippen LogP contribution in [0.25, 0.3) is 0 Å². The number of hydrogen-bond acceptors (Lipinski definition) is 3. The average Bonchev–Trinajstić information content (AvgIpc) is 2.33. The van der Waals surface area contributed by atoms with E-state index in [-0.39, 0.29) is 11.5 Å². The quantitative estimate of drug-likeness (QED) is 0.870. The van der Waals surface area contributed by atoms with Gasteiger partial charge in [0.05, 0.1) is 19.8 Å². The SMILES string of the molecule is CCNC(c1c(OC)cccc1OC)C(C)(C)C. The smallest absolute Gasteiger partial charge is 0.127 e. The fourth-order valence-electron chi connectivity index (χ4n) is 2.21. The van der Waals surface area contributed by atoms with Crippen LogP contribution in [-0.4, -0.2) is 20.8 Å². The van der Waals surface area contributed by atoms with E-state index in [1.54, 1.807) is 14.2 Å². The normalized spacial score (nSPS) is 13.2. The maximum atomic E-state index is 5.49. The first-order chi connectivity index (χ1) is 8.45. The van der Waals surface area contributed by atoms with Gasteiger partial charge in [0.25, 0.3) is 0 Å². The van der Waals surface area contributed by atoms with E-state index in [4.69, 9.17) is 9.47 Å². The van der Waals surface area contributed by atoms with E-state index < -0.39 is 0 Å². The molecule has 0 heterocycles. The van der Waals surface area contributed by atoms with Gasteiger partial charge < -0.3 is 14.8 Å². The molecule has 1 rings (SSSR count). The van der Waals surface area contributed by atoms with Gasteiger partial charge in [-0.25, -0.2) is 0 Å². The van der Waals surface area contributed by atoms with Gasteiger partial charge in [-0.3, -0.25) is 0 Å². The molecule has 0 saturated carbocycles. The first kappa shape index (κ1) is 14.8. The Kier molecular flexibility index (Phi) is 5.03. The topological polar surface area (TPSA) is 30.5 Å². The third-order valence-electron chi connectivity index (χ3n) is 3.03. The maximum Gasteiger partial charge on any atom is 0.127 e. The lowest BCUT2D eigenvalue weighted by atomic mass is 9.81. The first-order valence-electron chi connectivity index (χ1n) is 6.40. The van der Waals surface area contributed by atoms with Crippen molar-refractivity contribution in [2.45, 2.75) is 33.7 Å². The largest absolute Gasteiger partial charge is 0.496 e. The molecule has 1 unspecified atom stereocenters. The Bertz CT molecular complexity index is 360. The number of hydrogen-bond donors (Lipinski definition) is 1. The van der Waals surface area contributed by atoms with Crippen molar-refractivity contribution in [1.82, 2.24) is 5.32 Å². The number of methoxy groups -OCH3 is 2. The molecule has 0 fully saturated rings. The summed E-state index contributed by atoms with van der Waals surface area (Å²) in [7, 11) is 3.40. The molecule has 0 aliphatic heterocycles. The lowest BCUT2D eigenvalue weighted by Gasteiger charge is -2.33. The molecule has 0 aliphatic rings. The highest BCUT2D eigenvalue weighted by molar-refractivity contribution is 5.47. The predicted octanol–water partition coefficient (Wildman–Crippen LogP) is 3.40. The summed E-state index contributed by atoms with van der Waals surface area (Å²) in [6.07, 6.45) is 0. The molecule has 1 aromatic carbocycles. The molecule has 0 aliphatic carbocycles. The van der Waals surface area contributed by atoms with Crippen molar-refractivity contribution in [3.8, 4) is 11.5 Å². The van der Waals surface area contributed by atoms with Gasteiger partial charge in [0, 0.05) is 6.04 Å². The van der Waals surface area contributed by atoms with Crippen LogP contribution in [0, 0.1) is 5.41 Å². The van der Waals surface area contributed by atoms with Gasteiger partial charge in [0.15, 0.2) is 0 Å². The van der Waals surface area contributed by atoms with Gasteiger partial charge in [-0.2, -0.15) is 0 Å². The Balaban J connectivity index is 3.33. The van der Waals surface area contributed by atoms with Gasteiger partial charge in [-0.15, -0.1) is 0 Å². The molecule has 3 heteroatoms. The fourth-order valence-corrected chi connectivity index (χ4v) is 2.21. The van der Waals surface area contributed by atoms with Crippen molar-refractivity contribution < 1.29 is 9.47 Å². The maximum absolute atomic E-state index is 5.49. The highest BCUT2D eigenvalue weighted by Gasteiger charge is 2.30. The van der Waals surface area contributed by atoms with Crippen molar-refractivity contribution >= 4 is 0 Å². The van der Waals surface area contributed by atoms with Crippen molar-refractivity contribution in [3.63, 3.8) is 0 Å². The summed E-state index contributed by atoms with van der Waals surface area (Å²) in [6.45, 7) is 9.66. The minimum absolute atomic E-state index is 0.0813. The van der Waals surface area contributed by atoms with Crippen molar-refractivity contribution in [2.24, 2.45) is 5.41 Å². The molecule has 18 heavy (non-hydrogen) atoms. The average molecular weight is 251 g/mol. The van der Waals surface area contributed by atoms with E-state index in [0.717, 1.165) is 23.6 Å². The standard InChI is InChI=1S/C15H25NO2/c1-7-16-14(15(2,3)4)13-11(17-5)9-8-10-12(13)18-6/h8-10,14,16H,7H2,1-6H3. The Morgan fingerprint density at radius 3 is 1.94 bits per heavy atom. The van der Waals surface area contributed by atoms with Crippen molar-refractivity contribution in [3.05, 3.63) is 23.8 Å². The second-order valence-electron chi connectivity index (χ2n) is 5.43. The number of nitrogens with one attached hydrogen (secondary N) is 1. The van der Waals surface area contributed by atoms with Gasteiger partial charge in [-0.05, 0) is 24.1 Å². The van der Waals surface area contributed by atoms with E-state index in [1.165, 1.54) is 0 Å². The second kappa shape index (κ2) is 6.10. The monoisotopic (exact) mass is 251 g/mol. The minimum atomic E-state index is 0.0813. The summed E-state index contributed by atoms with van der Waals surface area (Å²) in [5, 5.41) is 3.53. The van der Waals surface area contributed by atoms with Gasteiger partial charge in [0.2, 0.25) is 0 Å². The summed E-state index contributed by atoms with van der Waals surface area (Å²) in [6, 6.07) is 6.10. The molecule has 1 atom stereocenters. The van der Waals surface area contributed by atoms with E-state index in [2.05, 4.69) is 33.0 Å². The molecule has 0 radical (unpaired) electrons. The highest BCUT2D eigenvalue weighted by Crippen LogP contribution is 2.42. The summed E-state index contributed by atoms with van der Waals surface area (Å²) >= 11 is 0. The molecule has 1 aromatic rings. The van der Waals surface area contributed by atoms with Crippen LogP contribution in [0.15, 0.2) is 18.2 Å². The number of rotatable bonds is 5. The molecule has 0 aromatic heterocycles. The van der Waals surface area contributed by atoms with Crippen LogP contribution in [0.4, 0.5) is 0 Å². The van der Waals surface area contributed by atoms with E-state index in [1.807, 2.05) is 18.2 Å². The Labute approximate surface area is 110 Å². The molecular formula is C15H25NO2. The Hall–Kier alpha value is -1.22. The Morgan fingerprint density at radius 2 is 1.61 bits per heavy atom. The zero-order valence-electron chi connectivity index (χ0n) is 12.3.